The van der Waals surface area contributed by atoms with E-state index in [4.69, 9.17) is 9.15 Å². The van der Waals surface area contributed by atoms with Crippen LogP contribution >= 0.6 is 0 Å². The second-order valence-electron chi connectivity index (χ2n) is 4.70. The summed E-state index contributed by atoms with van der Waals surface area (Å²) in [6.07, 6.45) is -2.32. The summed E-state index contributed by atoms with van der Waals surface area (Å²) in [6, 6.07) is 8.74. The Balaban J connectivity index is 1.80. The highest BCUT2D eigenvalue weighted by Gasteiger charge is 2.32. The molecule has 0 aliphatic carbocycles. The molecule has 0 bridgehead atoms. The molecule has 1 heterocycles. The molecule has 22 heavy (non-hydrogen) atoms. The van der Waals surface area contributed by atoms with Gasteiger partial charge in [0.2, 0.25) is 0 Å². The zero-order chi connectivity index (χ0) is 16.0. The van der Waals surface area contributed by atoms with Gasteiger partial charge in [-0.1, -0.05) is 18.2 Å². The lowest BCUT2D eigenvalue weighted by molar-refractivity contribution is -0.143. The average Bonchev–Trinajstić information content (AvgIpc) is 2.98. The van der Waals surface area contributed by atoms with E-state index in [9.17, 15) is 18.0 Å². The fourth-order valence-electron chi connectivity index (χ4n) is 2.04. The van der Waals surface area contributed by atoms with Gasteiger partial charge >= 0.3 is 12.1 Å². The van der Waals surface area contributed by atoms with E-state index >= 15 is 0 Å². The predicted molar refractivity (Wildman–Crippen MR) is 73.1 cm³/mol. The molecule has 1 aromatic heterocycles. The Morgan fingerprint density at radius 2 is 1.86 bits per heavy atom. The number of ether oxygens (including phenoxy) is 1. The number of carbonyl (C=O) groups is 1. The number of halogens is 3. The Morgan fingerprint density at radius 1 is 1.09 bits per heavy atom. The van der Waals surface area contributed by atoms with E-state index in [0.717, 1.165) is 6.07 Å². The van der Waals surface area contributed by atoms with Gasteiger partial charge in [-0.25, -0.2) is 0 Å². The molecular weight excluding hydrogens is 297 g/mol. The van der Waals surface area contributed by atoms with Crippen molar-refractivity contribution < 1.29 is 27.1 Å². The van der Waals surface area contributed by atoms with Crippen LogP contribution in [0.3, 0.4) is 0 Å². The smallest absolute Gasteiger partial charge is 0.416 e. The van der Waals surface area contributed by atoms with Crippen LogP contribution in [0.15, 0.2) is 47.1 Å². The van der Waals surface area contributed by atoms with Crippen LogP contribution in [0.2, 0.25) is 0 Å². The first-order valence-electron chi connectivity index (χ1n) is 6.80. The van der Waals surface area contributed by atoms with E-state index in [2.05, 4.69) is 0 Å². The van der Waals surface area contributed by atoms with Gasteiger partial charge in [-0.05, 0) is 23.8 Å². The van der Waals surface area contributed by atoms with E-state index < -0.39 is 17.7 Å². The Bertz CT molecular complexity index is 603. The number of rotatable bonds is 6. The van der Waals surface area contributed by atoms with Crippen molar-refractivity contribution in [2.45, 2.75) is 25.4 Å². The van der Waals surface area contributed by atoms with Gasteiger partial charge in [-0.3, -0.25) is 4.79 Å². The summed E-state index contributed by atoms with van der Waals surface area (Å²) >= 11 is 0. The maximum absolute atomic E-state index is 12.8. The highest BCUT2D eigenvalue weighted by atomic mass is 19.4. The van der Waals surface area contributed by atoms with E-state index in [1.807, 2.05) is 0 Å². The number of furan rings is 1. The van der Waals surface area contributed by atoms with Crippen LogP contribution in [-0.2, 0) is 28.5 Å². The Hall–Kier alpha value is -2.24. The van der Waals surface area contributed by atoms with E-state index in [1.165, 1.54) is 24.5 Å². The van der Waals surface area contributed by atoms with Crippen molar-refractivity contribution in [3.8, 4) is 0 Å². The number of alkyl halides is 3. The van der Waals surface area contributed by atoms with Gasteiger partial charge in [0.25, 0.3) is 0 Å². The molecule has 1 aromatic carbocycles. The molecule has 118 valence electrons. The summed E-state index contributed by atoms with van der Waals surface area (Å²) in [5.74, 6) is 0.209. The first-order valence-corrected chi connectivity index (χ1v) is 6.80. The van der Waals surface area contributed by atoms with Gasteiger partial charge < -0.3 is 9.15 Å². The number of benzene rings is 1. The van der Waals surface area contributed by atoms with Crippen molar-refractivity contribution in [3.63, 3.8) is 0 Å². The SMILES string of the molecule is O=C(CCc1ccco1)OCCc1ccccc1C(F)(F)F. The normalized spacial score (nSPS) is 11.4. The van der Waals surface area contributed by atoms with Gasteiger partial charge in [0, 0.05) is 12.8 Å². The summed E-state index contributed by atoms with van der Waals surface area (Å²) in [7, 11) is 0. The minimum atomic E-state index is -4.40. The van der Waals surface area contributed by atoms with E-state index in [-0.39, 0.29) is 25.0 Å². The second-order valence-corrected chi connectivity index (χ2v) is 4.70. The molecule has 2 aromatic rings. The number of carbonyl (C=O) groups excluding carboxylic acids is 1. The molecule has 0 saturated carbocycles. The van der Waals surface area contributed by atoms with Gasteiger partial charge in [-0.15, -0.1) is 0 Å². The van der Waals surface area contributed by atoms with Crippen molar-refractivity contribution >= 4 is 5.97 Å². The van der Waals surface area contributed by atoms with Crippen LogP contribution in [0.4, 0.5) is 13.2 Å². The van der Waals surface area contributed by atoms with Crippen molar-refractivity contribution in [1.29, 1.82) is 0 Å². The Labute approximate surface area is 125 Å². The zero-order valence-electron chi connectivity index (χ0n) is 11.7. The number of hydrogen-bond acceptors (Lipinski definition) is 3. The highest BCUT2D eigenvalue weighted by Crippen LogP contribution is 2.31. The lowest BCUT2D eigenvalue weighted by Gasteiger charge is -2.12. The van der Waals surface area contributed by atoms with Crippen LogP contribution in [0.25, 0.3) is 0 Å². The lowest BCUT2D eigenvalue weighted by Crippen LogP contribution is -2.13. The maximum Gasteiger partial charge on any atom is 0.416 e. The molecule has 0 aliphatic heterocycles. The molecule has 0 fully saturated rings. The molecule has 2 rings (SSSR count). The predicted octanol–water partition coefficient (Wildman–Crippen LogP) is 4.02. The van der Waals surface area contributed by atoms with E-state index in [1.54, 1.807) is 12.1 Å². The van der Waals surface area contributed by atoms with Crippen LogP contribution in [0.1, 0.15) is 23.3 Å². The summed E-state index contributed by atoms with van der Waals surface area (Å²) in [5.41, 5.74) is -0.574. The molecule has 6 heteroatoms. The molecule has 0 spiro atoms. The van der Waals surface area contributed by atoms with Crippen molar-refractivity contribution in [2.24, 2.45) is 0 Å². The monoisotopic (exact) mass is 312 g/mol. The fourth-order valence-corrected chi connectivity index (χ4v) is 2.04. The summed E-state index contributed by atoms with van der Waals surface area (Å²) in [4.78, 5) is 11.5. The third-order valence-electron chi connectivity index (χ3n) is 3.11. The maximum atomic E-state index is 12.8. The number of aryl methyl sites for hydroxylation is 1. The molecule has 0 saturated heterocycles. The molecule has 3 nitrogen and oxygen atoms in total. The van der Waals surface area contributed by atoms with Gasteiger partial charge in [0.05, 0.1) is 24.9 Å². The second kappa shape index (κ2) is 7.15. The first kappa shape index (κ1) is 16.1. The molecule has 0 radical (unpaired) electrons. The minimum Gasteiger partial charge on any atom is -0.469 e. The van der Waals surface area contributed by atoms with Gasteiger partial charge in [-0.2, -0.15) is 13.2 Å². The molecule has 0 unspecified atom stereocenters. The summed E-state index contributed by atoms with van der Waals surface area (Å²) < 4.78 is 48.4. The van der Waals surface area contributed by atoms with Gasteiger partial charge in [0.1, 0.15) is 5.76 Å². The largest absolute Gasteiger partial charge is 0.469 e. The summed E-state index contributed by atoms with van der Waals surface area (Å²) in [6.45, 7) is -0.0793. The van der Waals surface area contributed by atoms with Crippen LogP contribution in [0, 0.1) is 0 Å². The molecule has 0 aliphatic rings. The standard InChI is InChI=1S/C16H15F3O3/c17-16(18,19)14-6-2-1-4-12(14)9-11-22-15(20)8-7-13-5-3-10-21-13/h1-6,10H,7-9,11H2. The zero-order valence-corrected chi connectivity index (χ0v) is 11.7. The highest BCUT2D eigenvalue weighted by molar-refractivity contribution is 5.69. The quantitative estimate of drug-likeness (QED) is 0.756. The third kappa shape index (κ3) is 4.65. The molecule has 0 amide bonds. The van der Waals surface area contributed by atoms with Crippen LogP contribution in [-0.4, -0.2) is 12.6 Å². The van der Waals surface area contributed by atoms with Gasteiger partial charge in [0.15, 0.2) is 0 Å². The molecule has 0 N–H and O–H groups in total. The van der Waals surface area contributed by atoms with Crippen molar-refractivity contribution in [2.75, 3.05) is 6.61 Å². The summed E-state index contributed by atoms with van der Waals surface area (Å²) in [5, 5.41) is 0. The van der Waals surface area contributed by atoms with Crippen LogP contribution in [0.5, 0.6) is 0 Å². The number of hydrogen-bond donors (Lipinski definition) is 0. The topological polar surface area (TPSA) is 39.4 Å². The fraction of sp³-hybridized carbons (Fsp3) is 0.312. The third-order valence-corrected chi connectivity index (χ3v) is 3.11. The van der Waals surface area contributed by atoms with Crippen molar-refractivity contribution in [3.05, 3.63) is 59.5 Å². The van der Waals surface area contributed by atoms with Crippen molar-refractivity contribution in [1.82, 2.24) is 0 Å². The molecular formula is C16H15F3O3. The van der Waals surface area contributed by atoms with Crippen LogP contribution < -0.4 is 0 Å². The average molecular weight is 312 g/mol. The lowest BCUT2D eigenvalue weighted by atomic mass is 10.0. The minimum absolute atomic E-state index is 0.0299. The Morgan fingerprint density at radius 3 is 2.55 bits per heavy atom. The first-order chi connectivity index (χ1) is 10.5. The Kier molecular flexibility index (Phi) is 5.25. The molecule has 0 atom stereocenters. The number of esters is 1. The van der Waals surface area contributed by atoms with E-state index in [0.29, 0.717) is 12.2 Å².